The number of rotatable bonds is 17. The average Bonchev–Trinajstić information content (AvgIpc) is 2.61. The van der Waals surface area contributed by atoms with Crippen molar-refractivity contribution in [3.05, 3.63) is 0 Å². The Kier molecular flexibility index (Phi) is 25.0. The molecule has 7 N–H and O–H groups in total. The topological polar surface area (TPSA) is 96.3 Å². The molecule has 0 heterocycles. The van der Waals surface area contributed by atoms with Crippen LogP contribution in [0.1, 0.15) is 59.8 Å². The predicted molar refractivity (Wildman–Crippen MR) is 124 cm³/mol. The van der Waals surface area contributed by atoms with Gasteiger partial charge >= 0.3 is 0 Å². The van der Waals surface area contributed by atoms with Gasteiger partial charge < -0.3 is 27.2 Å². The second-order valence-corrected chi connectivity index (χ2v) is 8.01. The molecule has 5 unspecified atom stereocenters. The minimum absolute atomic E-state index is 0. The van der Waals surface area contributed by atoms with Gasteiger partial charge in [-0.25, -0.2) is 0 Å². The molecule has 0 spiro atoms. The number of nitrogens with one attached hydrogen (secondary N) is 2. The highest BCUT2D eigenvalue weighted by atomic mass is 35.5. The number of hydrogen-bond acceptors (Lipinski definition) is 5. The second-order valence-electron chi connectivity index (χ2n) is 8.01. The van der Waals surface area contributed by atoms with Crippen LogP contribution in [0.4, 0.5) is 0 Å². The van der Waals surface area contributed by atoms with Crippen molar-refractivity contribution in [3.8, 4) is 0 Å². The maximum atomic E-state index is 10.1. The molecule has 0 radical (unpaired) electrons. The molecule has 27 heavy (non-hydrogen) atoms. The van der Waals surface area contributed by atoms with Crippen molar-refractivity contribution >= 4 is 24.8 Å². The molecule has 0 saturated carbocycles. The number of nitrogens with two attached hydrogens (primary N) is 2. The fourth-order valence-corrected chi connectivity index (χ4v) is 3.38. The van der Waals surface area contributed by atoms with Crippen molar-refractivity contribution in [2.45, 2.75) is 65.9 Å². The lowest BCUT2D eigenvalue weighted by molar-refractivity contribution is 0.165. The standard InChI is InChI=1S/C20H46N4O.2ClH/c1-5-18(11-21)9-16(3)7-8-23-14-20(25)15-24-13-17(4)10-19(6-2)12-22;;/h16-20,23-25H,5-15,21-22H2,1-4H3;2*1H. The van der Waals surface area contributed by atoms with E-state index < -0.39 is 0 Å². The minimum atomic E-state index is -0.327. The molecule has 0 fully saturated rings. The van der Waals surface area contributed by atoms with E-state index in [-0.39, 0.29) is 30.9 Å². The lowest BCUT2D eigenvalue weighted by atomic mass is 9.92. The van der Waals surface area contributed by atoms with Crippen LogP contribution in [-0.4, -0.2) is 50.5 Å². The first kappa shape index (κ1) is 32.1. The molecule has 0 amide bonds. The Balaban J connectivity index is -0.00000288. The molecular weight excluding hydrogens is 383 g/mol. The van der Waals surface area contributed by atoms with Crippen molar-refractivity contribution in [2.24, 2.45) is 35.1 Å². The highest BCUT2D eigenvalue weighted by Crippen LogP contribution is 2.16. The summed E-state index contributed by atoms with van der Waals surface area (Å²) < 4.78 is 0. The highest BCUT2D eigenvalue weighted by Gasteiger charge is 2.12. The van der Waals surface area contributed by atoms with Crippen molar-refractivity contribution in [3.63, 3.8) is 0 Å². The molecule has 0 aromatic rings. The van der Waals surface area contributed by atoms with Crippen molar-refractivity contribution in [1.82, 2.24) is 10.6 Å². The Hall–Kier alpha value is 0.380. The Morgan fingerprint density at radius 2 is 1.26 bits per heavy atom. The molecule has 0 aliphatic carbocycles. The van der Waals surface area contributed by atoms with Crippen LogP contribution < -0.4 is 22.1 Å². The van der Waals surface area contributed by atoms with Gasteiger partial charge in [-0.05, 0) is 69.1 Å². The van der Waals surface area contributed by atoms with Crippen LogP contribution in [0.2, 0.25) is 0 Å². The quantitative estimate of drug-likeness (QED) is 0.228. The average molecular weight is 432 g/mol. The van der Waals surface area contributed by atoms with Gasteiger partial charge in [0.15, 0.2) is 0 Å². The van der Waals surface area contributed by atoms with E-state index >= 15 is 0 Å². The van der Waals surface area contributed by atoms with Crippen LogP contribution in [0.3, 0.4) is 0 Å². The van der Waals surface area contributed by atoms with Crippen molar-refractivity contribution in [1.29, 1.82) is 0 Å². The Bertz CT molecular complexity index is 293. The van der Waals surface area contributed by atoms with E-state index in [1.54, 1.807) is 0 Å². The fraction of sp³-hybridized carbons (Fsp3) is 1.00. The summed E-state index contributed by atoms with van der Waals surface area (Å²) >= 11 is 0. The molecule has 5 nitrogen and oxygen atoms in total. The van der Waals surface area contributed by atoms with Crippen LogP contribution in [-0.2, 0) is 0 Å². The molecule has 7 heteroatoms. The van der Waals surface area contributed by atoms with Gasteiger partial charge in [0.1, 0.15) is 0 Å². The lowest BCUT2D eigenvalue weighted by Gasteiger charge is -2.20. The Labute approximate surface area is 181 Å². The summed E-state index contributed by atoms with van der Waals surface area (Å²) in [5.41, 5.74) is 11.5. The summed E-state index contributed by atoms with van der Waals surface area (Å²) in [7, 11) is 0. The smallest absolute Gasteiger partial charge is 0.0788 e. The zero-order chi connectivity index (χ0) is 19.1. The predicted octanol–water partition coefficient (Wildman–Crippen LogP) is 2.78. The molecule has 0 rings (SSSR count). The number of hydrogen-bond donors (Lipinski definition) is 5. The van der Waals surface area contributed by atoms with Crippen LogP contribution in [0, 0.1) is 23.7 Å². The largest absolute Gasteiger partial charge is 0.390 e. The first-order chi connectivity index (χ1) is 12.0. The van der Waals surface area contributed by atoms with E-state index in [0.717, 1.165) is 45.4 Å². The Morgan fingerprint density at radius 3 is 1.74 bits per heavy atom. The lowest BCUT2D eigenvalue weighted by Crippen LogP contribution is -2.37. The summed E-state index contributed by atoms with van der Waals surface area (Å²) in [6.07, 6.45) is 5.50. The first-order valence-corrected chi connectivity index (χ1v) is 10.5. The van der Waals surface area contributed by atoms with Crippen molar-refractivity contribution < 1.29 is 5.11 Å². The SMILES string of the molecule is CCC(CN)CC(C)CCNCC(O)CNCC(C)CC(CC)CN.Cl.Cl. The molecule has 0 aliphatic heterocycles. The van der Waals surface area contributed by atoms with Crippen LogP contribution in [0.15, 0.2) is 0 Å². The third-order valence-electron chi connectivity index (χ3n) is 5.36. The minimum Gasteiger partial charge on any atom is -0.390 e. The zero-order valence-corrected chi connectivity index (χ0v) is 19.7. The van der Waals surface area contributed by atoms with Gasteiger partial charge in [0.25, 0.3) is 0 Å². The third kappa shape index (κ3) is 18.2. The van der Waals surface area contributed by atoms with E-state index in [2.05, 4.69) is 38.3 Å². The molecule has 0 bridgehead atoms. The maximum Gasteiger partial charge on any atom is 0.0788 e. The van der Waals surface area contributed by atoms with E-state index in [4.69, 9.17) is 11.5 Å². The second kappa shape index (κ2) is 21.1. The molecular formula is C20H48Cl2N4O. The summed E-state index contributed by atoms with van der Waals surface area (Å²) in [5, 5.41) is 16.8. The molecule has 5 atom stereocenters. The van der Waals surface area contributed by atoms with Gasteiger partial charge in [-0.15, -0.1) is 24.8 Å². The van der Waals surface area contributed by atoms with Crippen LogP contribution in [0.5, 0.6) is 0 Å². The first-order valence-electron chi connectivity index (χ1n) is 10.5. The molecule has 0 aromatic carbocycles. The number of aliphatic hydroxyl groups is 1. The molecule has 0 aliphatic rings. The van der Waals surface area contributed by atoms with Gasteiger partial charge in [-0.3, -0.25) is 0 Å². The van der Waals surface area contributed by atoms with Crippen LogP contribution in [0.25, 0.3) is 0 Å². The summed E-state index contributed by atoms with van der Waals surface area (Å²) in [6, 6.07) is 0. The van der Waals surface area contributed by atoms with E-state index in [1.807, 2.05) is 0 Å². The Morgan fingerprint density at radius 1 is 0.778 bits per heavy atom. The van der Waals surface area contributed by atoms with E-state index in [9.17, 15) is 5.11 Å². The van der Waals surface area contributed by atoms with Crippen LogP contribution >= 0.6 is 24.8 Å². The molecule has 0 saturated heterocycles. The van der Waals surface area contributed by atoms with Gasteiger partial charge in [-0.1, -0.05) is 40.5 Å². The fourth-order valence-electron chi connectivity index (χ4n) is 3.38. The number of aliphatic hydroxyl groups excluding tert-OH is 1. The van der Waals surface area contributed by atoms with Crippen molar-refractivity contribution in [2.75, 3.05) is 39.3 Å². The van der Waals surface area contributed by atoms with Gasteiger partial charge in [0, 0.05) is 13.1 Å². The van der Waals surface area contributed by atoms with E-state index in [1.165, 1.54) is 12.8 Å². The normalized spacial score (nSPS) is 16.6. The van der Waals surface area contributed by atoms with Gasteiger partial charge in [0.05, 0.1) is 6.10 Å². The summed E-state index contributed by atoms with van der Waals surface area (Å²) in [6.45, 7) is 13.7. The highest BCUT2D eigenvalue weighted by molar-refractivity contribution is 5.85. The summed E-state index contributed by atoms with van der Waals surface area (Å²) in [4.78, 5) is 0. The molecule has 168 valence electrons. The zero-order valence-electron chi connectivity index (χ0n) is 18.1. The third-order valence-corrected chi connectivity index (χ3v) is 5.36. The van der Waals surface area contributed by atoms with Gasteiger partial charge in [0.2, 0.25) is 0 Å². The maximum absolute atomic E-state index is 10.1. The molecule has 0 aromatic heterocycles. The van der Waals surface area contributed by atoms with E-state index in [0.29, 0.717) is 36.8 Å². The monoisotopic (exact) mass is 430 g/mol. The number of halogens is 2. The summed E-state index contributed by atoms with van der Waals surface area (Å²) in [5.74, 6) is 2.56. The van der Waals surface area contributed by atoms with Gasteiger partial charge in [-0.2, -0.15) is 0 Å².